The van der Waals surface area contributed by atoms with E-state index in [1.807, 2.05) is 0 Å². The highest BCUT2D eigenvalue weighted by atomic mass is 35.5. The number of nitrogens with zero attached hydrogens (tertiary/aromatic N) is 7. The minimum Gasteiger partial charge on any atom is -0.389 e. The molecule has 3 heterocycles. The third-order valence-electron chi connectivity index (χ3n) is 5.66. The molecule has 0 aliphatic rings. The van der Waals surface area contributed by atoms with E-state index in [1.54, 1.807) is 13.0 Å². The predicted octanol–water partition coefficient (Wildman–Crippen LogP) is 3.16. The van der Waals surface area contributed by atoms with E-state index in [1.165, 1.54) is 37.5 Å². The fourth-order valence-corrected chi connectivity index (χ4v) is 3.98. The van der Waals surface area contributed by atoms with Crippen molar-refractivity contribution in [2.24, 2.45) is 5.73 Å². The number of benzene rings is 1. The molecule has 0 spiro atoms. The number of hydrogen-bond donors (Lipinski definition) is 3. The molecule has 0 fully saturated rings. The van der Waals surface area contributed by atoms with Crippen LogP contribution >= 0.6 is 23.8 Å². The zero-order valence-corrected chi connectivity index (χ0v) is 22.9. The van der Waals surface area contributed by atoms with Crippen molar-refractivity contribution < 1.29 is 31.5 Å². The Bertz CT molecular complexity index is 1700. The lowest BCUT2D eigenvalue weighted by Crippen LogP contribution is -2.35. The summed E-state index contributed by atoms with van der Waals surface area (Å²) >= 11 is 11.3. The molecule has 0 aliphatic carbocycles. The van der Waals surface area contributed by atoms with Gasteiger partial charge >= 0.3 is 12.1 Å². The van der Waals surface area contributed by atoms with Crippen LogP contribution in [0, 0.1) is 6.92 Å². The van der Waals surface area contributed by atoms with Gasteiger partial charge in [-0.1, -0.05) is 23.8 Å². The van der Waals surface area contributed by atoms with Crippen molar-refractivity contribution in [1.29, 1.82) is 0 Å². The van der Waals surface area contributed by atoms with Gasteiger partial charge in [0.05, 0.1) is 22.0 Å². The second-order valence-corrected chi connectivity index (χ2v) is 9.42. The number of amides is 2. The Hall–Kier alpha value is -4.58. The van der Waals surface area contributed by atoms with Crippen molar-refractivity contribution in [3.63, 3.8) is 0 Å². The quantitative estimate of drug-likeness (QED) is 0.197. The third kappa shape index (κ3) is 5.89. The molecule has 4 rings (SSSR count). The van der Waals surface area contributed by atoms with Crippen molar-refractivity contribution in [1.82, 2.24) is 40.3 Å². The average Bonchev–Trinajstić information content (AvgIpc) is 3.56. The molecule has 0 unspecified atom stereocenters. The van der Waals surface area contributed by atoms with Gasteiger partial charge in [-0.25, -0.2) is 9.67 Å². The molecule has 4 N–H and O–H groups in total. The highest BCUT2D eigenvalue weighted by Gasteiger charge is 2.62. The van der Waals surface area contributed by atoms with E-state index in [4.69, 9.17) is 29.6 Å². The van der Waals surface area contributed by atoms with Gasteiger partial charge in [0.2, 0.25) is 0 Å². The summed E-state index contributed by atoms with van der Waals surface area (Å²) in [4.78, 5) is 30.8. The summed E-state index contributed by atoms with van der Waals surface area (Å²) in [5.41, 5.74) is 6.41. The Labute approximate surface area is 243 Å². The molecule has 4 aromatic rings. The molecule has 1 aromatic carbocycles. The summed E-state index contributed by atoms with van der Waals surface area (Å²) < 4.78 is 66.4. The lowest BCUT2D eigenvalue weighted by Gasteiger charge is -2.15. The number of rotatable bonds is 8. The molecular formula is C23H18ClF5N10O2S. The number of nitrogens with one attached hydrogen (secondary N) is 2. The Balaban J connectivity index is 1.75. The summed E-state index contributed by atoms with van der Waals surface area (Å²) in [7, 11) is 1.38. The predicted molar refractivity (Wildman–Crippen MR) is 142 cm³/mol. The molecule has 42 heavy (non-hydrogen) atoms. The lowest BCUT2D eigenvalue weighted by molar-refractivity contribution is -0.292. The third-order valence-corrected chi connectivity index (χ3v) is 6.19. The van der Waals surface area contributed by atoms with Crippen LogP contribution in [0.25, 0.3) is 5.82 Å². The minimum atomic E-state index is -5.94. The van der Waals surface area contributed by atoms with Crippen molar-refractivity contribution in [2.75, 3.05) is 12.4 Å². The van der Waals surface area contributed by atoms with Crippen LogP contribution in [0.4, 0.5) is 27.6 Å². The molecular weight excluding hydrogens is 611 g/mol. The second-order valence-electron chi connectivity index (χ2n) is 8.57. The van der Waals surface area contributed by atoms with Crippen LogP contribution in [0.3, 0.4) is 0 Å². The summed E-state index contributed by atoms with van der Waals surface area (Å²) in [6, 6.07) is 7.11. The number of aryl methyl sites for hydroxylation is 1. The van der Waals surface area contributed by atoms with Gasteiger partial charge in [0.1, 0.15) is 17.2 Å². The minimum absolute atomic E-state index is 0.0153. The Morgan fingerprint density at radius 1 is 1.12 bits per heavy atom. The van der Waals surface area contributed by atoms with Crippen molar-refractivity contribution in [2.45, 2.75) is 25.6 Å². The molecule has 3 aromatic heterocycles. The molecule has 0 saturated carbocycles. The first-order chi connectivity index (χ1) is 19.6. The summed E-state index contributed by atoms with van der Waals surface area (Å²) in [5.74, 6) is -8.60. The number of thiocarbonyl (C=S) groups is 1. The van der Waals surface area contributed by atoms with E-state index in [9.17, 15) is 31.5 Å². The van der Waals surface area contributed by atoms with E-state index in [0.29, 0.717) is 15.9 Å². The number of hydrogen-bond acceptors (Lipinski definition) is 8. The topological polar surface area (TPSA) is 159 Å². The average molecular weight is 629 g/mol. The van der Waals surface area contributed by atoms with Crippen LogP contribution in [0.15, 0.2) is 36.5 Å². The van der Waals surface area contributed by atoms with Crippen LogP contribution < -0.4 is 16.4 Å². The largest absolute Gasteiger partial charge is 0.461 e. The number of alkyl halides is 5. The Morgan fingerprint density at radius 2 is 1.83 bits per heavy atom. The van der Waals surface area contributed by atoms with Gasteiger partial charge < -0.3 is 16.4 Å². The number of anilines is 1. The van der Waals surface area contributed by atoms with E-state index < -0.39 is 36.3 Å². The number of carbonyl (C=O) groups is 2. The van der Waals surface area contributed by atoms with Crippen molar-refractivity contribution in [3.05, 3.63) is 75.5 Å². The standard InChI is InChI=1S/C23H18ClF5N10O2S/c1-10-6-11(17(30)42)7-13(19(40)31-2)16(10)33-20(41)15-8-12(35-39(15)18-14(24)4-3-5-32-18)9-38-36-21(34-37-38)22(25,26)23(27,28)29/h3-8H,9H2,1-2H3,(H2,30,42)(H,31,40)(H,33,41). The fraction of sp³-hybridized carbons (Fsp3) is 0.217. The van der Waals surface area contributed by atoms with Crippen LogP contribution in [0.1, 0.15) is 43.5 Å². The SMILES string of the molecule is CNC(=O)c1cc(C(N)=S)cc(C)c1NC(=O)c1cc(Cn2nnc(C(F)(F)C(F)(F)F)n2)nn1-c1ncccc1Cl. The highest BCUT2D eigenvalue weighted by Crippen LogP contribution is 2.41. The maximum Gasteiger partial charge on any atom is 0.461 e. The molecule has 2 amide bonds. The monoisotopic (exact) mass is 628 g/mol. The highest BCUT2D eigenvalue weighted by molar-refractivity contribution is 7.80. The maximum absolute atomic E-state index is 13.6. The first kappa shape index (κ1) is 30.4. The summed E-state index contributed by atoms with van der Waals surface area (Å²) in [6.45, 7) is 1.04. The van der Waals surface area contributed by atoms with Crippen molar-refractivity contribution in [3.8, 4) is 5.82 Å². The maximum atomic E-state index is 13.6. The van der Waals surface area contributed by atoms with Crippen LogP contribution in [0.2, 0.25) is 5.02 Å². The molecule has 0 aliphatic heterocycles. The number of tetrazole rings is 1. The number of carbonyl (C=O) groups excluding carboxylic acids is 2. The number of halogens is 6. The summed E-state index contributed by atoms with van der Waals surface area (Å²) in [5, 5.41) is 18.6. The first-order valence-electron chi connectivity index (χ1n) is 11.5. The molecule has 0 radical (unpaired) electrons. The number of pyridine rings is 1. The molecule has 12 nitrogen and oxygen atoms in total. The van der Waals surface area contributed by atoms with Crippen LogP contribution in [-0.4, -0.2) is 65.0 Å². The first-order valence-corrected chi connectivity index (χ1v) is 12.3. The van der Waals surface area contributed by atoms with Crippen LogP contribution in [-0.2, 0) is 12.5 Å². The summed E-state index contributed by atoms with van der Waals surface area (Å²) in [6.07, 6.45) is -4.58. The number of aromatic nitrogens is 7. The van der Waals surface area contributed by atoms with Gasteiger partial charge in [0.25, 0.3) is 17.6 Å². The zero-order valence-electron chi connectivity index (χ0n) is 21.4. The van der Waals surface area contributed by atoms with E-state index in [-0.39, 0.29) is 38.5 Å². The van der Waals surface area contributed by atoms with Gasteiger partial charge in [-0.3, -0.25) is 9.59 Å². The van der Waals surface area contributed by atoms with Crippen molar-refractivity contribution >= 4 is 46.3 Å². The molecule has 0 bridgehead atoms. The van der Waals surface area contributed by atoms with Gasteiger partial charge in [-0.05, 0) is 48.0 Å². The second kappa shape index (κ2) is 11.4. The van der Waals surface area contributed by atoms with Gasteiger partial charge in [0.15, 0.2) is 5.82 Å². The Morgan fingerprint density at radius 3 is 2.45 bits per heavy atom. The molecule has 0 atom stereocenters. The van der Waals surface area contributed by atoms with E-state index in [0.717, 1.165) is 4.68 Å². The zero-order chi connectivity index (χ0) is 31.0. The molecule has 0 saturated heterocycles. The molecule has 220 valence electrons. The van der Waals surface area contributed by atoms with E-state index >= 15 is 0 Å². The fourth-order valence-electron chi connectivity index (χ4n) is 3.66. The van der Waals surface area contributed by atoms with E-state index in [2.05, 4.69) is 36.1 Å². The molecule has 19 heteroatoms. The smallest absolute Gasteiger partial charge is 0.389 e. The normalized spacial score (nSPS) is 11.8. The lowest BCUT2D eigenvalue weighted by atomic mass is 10.0. The number of nitrogens with two attached hydrogens (primary N) is 1. The van der Waals surface area contributed by atoms with Gasteiger partial charge in [0, 0.05) is 18.8 Å². The Kier molecular flexibility index (Phi) is 8.22. The van der Waals surface area contributed by atoms with Gasteiger partial charge in [-0.2, -0.15) is 31.8 Å². The van der Waals surface area contributed by atoms with Gasteiger partial charge in [-0.15, -0.1) is 10.2 Å². The van der Waals surface area contributed by atoms with Crippen LogP contribution in [0.5, 0.6) is 0 Å².